The van der Waals surface area contributed by atoms with Crippen LogP contribution in [0.5, 0.6) is 0 Å². The Balaban J connectivity index is 1.67. The molecule has 5 heteroatoms. The smallest absolute Gasteiger partial charge is 0.255 e. The largest absolute Gasteiger partial charge is 0.341 e. The maximum atomic E-state index is 12.7. The summed E-state index contributed by atoms with van der Waals surface area (Å²) in [7, 11) is 0. The lowest BCUT2D eigenvalue weighted by atomic mass is 10.1. The van der Waals surface area contributed by atoms with Crippen LogP contribution in [0.4, 0.5) is 0 Å². The van der Waals surface area contributed by atoms with Gasteiger partial charge in [0.2, 0.25) is 0 Å². The summed E-state index contributed by atoms with van der Waals surface area (Å²) in [6.45, 7) is 0.779. The van der Waals surface area contributed by atoms with Gasteiger partial charge in [-0.15, -0.1) is 0 Å². The Hall–Kier alpha value is -2.69. The van der Waals surface area contributed by atoms with Crippen LogP contribution in [0.15, 0.2) is 48.9 Å². The van der Waals surface area contributed by atoms with E-state index in [4.69, 9.17) is 0 Å². The van der Waals surface area contributed by atoms with Crippen LogP contribution in [-0.4, -0.2) is 32.3 Å². The molecule has 4 heterocycles. The molecule has 1 aliphatic rings. The molecule has 1 atom stereocenters. The van der Waals surface area contributed by atoms with E-state index in [1.165, 1.54) is 0 Å². The number of carbonyl (C=O) groups is 1. The minimum atomic E-state index is 0.0437. The SMILES string of the molecule is O=C(c1cccnc1)N1CCC[C@H]1c1cc2cccnc2[nH]1. The number of hydrogen-bond acceptors (Lipinski definition) is 3. The first-order chi connectivity index (χ1) is 10.8. The van der Waals surface area contributed by atoms with Crippen molar-refractivity contribution in [3.63, 3.8) is 0 Å². The maximum Gasteiger partial charge on any atom is 0.255 e. The van der Waals surface area contributed by atoms with Crippen molar-refractivity contribution in [3.8, 4) is 0 Å². The van der Waals surface area contributed by atoms with Crippen molar-refractivity contribution >= 4 is 16.9 Å². The van der Waals surface area contributed by atoms with Gasteiger partial charge in [-0.3, -0.25) is 9.78 Å². The van der Waals surface area contributed by atoms with Gasteiger partial charge in [0.25, 0.3) is 5.91 Å². The van der Waals surface area contributed by atoms with E-state index in [9.17, 15) is 4.79 Å². The van der Waals surface area contributed by atoms with Crippen LogP contribution in [0.3, 0.4) is 0 Å². The lowest BCUT2D eigenvalue weighted by Gasteiger charge is -2.23. The summed E-state index contributed by atoms with van der Waals surface area (Å²) in [5, 5.41) is 1.08. The molecule has 0 aliphatic carbocycles. The molecule has 5 nitrogen and oxygen atoms in total. The second-order valence-corrected chi connectivity index (χ2v) is 5.56. The minimum absolute atomic E-state index is 0.0437. The number of hydrogen-bond donors (Lipinski definition) is 1. The first-order valence-corrected chi connectivity index (χ1v) is 7.47. The molecule has 4 rings (SSSR count). The number of fused-ring (bicyclic) bond motifs is 1. The predicted molar refractivity (Wildman–Crippen MR) is 83.3 cm³/mol. The molecule has 3 aromatic rings. The summed E-state index contributed by atoms with van der Waals surface area (Å²) >= 11 is 0. The molecule has 1 N–H and O–H groups in total. The maximum absolute atomic E-state index is 12.7. The van der Waals surface area contributed by atoms with Crippen molar-refractivity contribution in [3.05, 3.63) is 60.2 Å². The topological polar surface area (TPSA) is 61.9 Å². The molecule has 1 aliphatic heterocycles. The quantitative estimate of drug-likeness (QED) is 0.790. The van der Waals surface area contributed by atoms with Crippen molar-refractivity contribution in [2.75, 3.05) is 6.54 Å². The summed E-state index contributed by atoms with van der Waals surface area (Å²) < 4.78 is 0. The Morgan fingerprint density at radius 1 is 1.27 bits per heavy atom. The van der Waals surface area contributed by atoms with Gasteiger partial charge in [-0.2, -0.15) is 0 Å². The molecule has 1 fully saturated rings. The minimum Gasteiger partial charge on any atom is -0.341 e. The van der Waals surface area contributed by atoms with Crippen LogP contribution in [0.2, 0.25) is 0 Å². The molecule has 0 saturated carbocycles. The van der Waals surface area contributed by atoms with E-state index in [0.29, 0.717) is 5.56 Å². The number of carbonyl (C=O) groups excluding carboxylic acids is 1. The average Bonchev–Trinajstić information content (AvgIpc) is 3.21. The molecule has 110 valence electrons. The summed E-state index contributed by atoms with van der Waals surface area (Å²) in [6, 6.07) is 9.75. The Morgan fingerprint density at radius 3 is 3.00 bits per heavy atom. The standard InChI is InChI=1S/C17H16N4O/c22-17(13-5-1-7-18-11-13)21-9-3-6-15(21)14-10-12-4-2-8-19-16(12)20-14/h1-2,4-5,7-8,10-11,15H,3,6,9H2,(H,19,20)/t15-/m0/s1. The number of rotatable bonds is 2. The highest BCUT2D eigenvalue weighted by molar-refractivity contribution is 5.94. The van der Waals surface area contributed by atoms with Gasteiger partial charge in [0.1, 0.15) is 5.65 Å². The van der Waals surface area contributed by atoms with E-state index in [0.717, 1.165) is 36.1 Å². The molecule has 0 unspecified atom stereocenters. The molecule has 3 aromatic heterocycles. The molecule has 1 saturated heterocycles. The van der Waals surface area contributed by atoms with E-state index >= 15 is 0 Å². The van der Waals surface area contributed by atoms with Gasteiger partial charge in [0.05, 0.1) is 11.6 Å². The lowest BCUT2D eigenvalue weighted by Crippen LogP contribution is -2.30. The molecule has 0 bridgehead atoms. The zero-order valence-electron chi connectivity index (χ0n) is 12.1. The zero-order chi connectivity index (χ0) is 14.9. The zero-order valence-corrected chi connectivity index (χ0v) is 12.1. The molecule has 0 aromatic carbocycles. The van der Waals surface area contributed by atoms with Crippen LogP contribution >= 0.6 is 0 Å². The highest BCUT2D eigenvalue weighted by atomic mass is 16.2. The third kappa shape index (κ3) is 2.15. The van der Waals surface area contributed by atoms with Gasteiger partial charge in [0, 0.05) is 36.2 Å². The summed E-state index contributed by atoms with van der Waals surface area (Å²) in [5.41, 5.74) is 2.57. The summed E-state index contributed by atoms with van der Waals surface area (Å²) in [6.07, 6.45) is 7.07. The van der Waals surface area contributed by atoms with E-state index in [1.54, 1.807) is 24.7 Å². The lowest BCUT2D eigenvalue weighted by molar-refractivity contribution is 0.0733. The van der Waals surface area contributed by atoms with Gasteiger partial charge in [0.15, 0.2) is 0 Å². The average molecular weight is 292 g/mol. The van der Waals surface area contributed by atoms with E-state index in [2.05, 4.69) is 21.0 Å². The van der Waals surface area contributed by atoms with Crippen LogP contribution in [0, 0.1) is 0 Å². The van der Waals surface area contributed by atoms with E-state index in [1.807, 2.05) is 23.1 Å². The van der Waals surface area contributed by atoms with E-state index in [-0.39, 0.29) is 11.9 Å². The van der Waals surface area contributed by atoms with Crippen LogP contribution < -0.4 is 0 Å². The Morgan fingerprint density at radius 2 is 2.18 bits per heavy atom. The number of nitrogens with zero attached hydrogens (tertiary/aromatic N) is 3. The molecule has 22 heavy (non-hydrogen) atoms. The molecular formula is C17H16N4O. The highest BCUT2D eigenvalue weighted by Gasteiger charge is 2.31. The van der Waals surface area contributed by atoms with Crippen molar-refractivity contribution in [2.45, 2.75) is 18.9 Å². The summed E-state index contributed by atoms with van der Waals surface area (Å²) in [4.78, 5) is 26.4. The highest BCUT2D eigenvalue weighted by Crippen LogP contribution is 2.33. The molecular weight excluding hydrogens is 276 g/mol. The van der Waals surface area contributed by atoms with Crippen molar-refractivity contribution in [2.24, 2.45) is 0 Å². The van der Waals surface area contributed by atoms with Gasteiger partial charge in [-0.1, -0.05) is 0 Å². The fourth-order valence-corrected chi connectivity index (χ4v) is 3.15. The fraction of sp³-hybridized carbons (Fsp3) is 0.235. The number of nitrogens with one attached hydrogen (secondary N) is 1. The number of aromatic nitrogens is 3. The van der Waals surface area contributed by atoms with Crippen molar-refractivity contribution in [1.82, 2.24) is 19.9 Å². The number of H-pyrrole nitrogens is 1. The van der Waals surface area contributed by atoms with Gasteiger partial charge in [-0.05, 0) is 43.2 Å². The Bertz CT molecular complexity index is 779. The third-order valence-corrected chi connectivity index (χ3v) is 4.19. The predicted octanol–water partition coefficient (Wildman–Crippen LogP) is 2.94. The fourth-order valence-electron chi connectivity index (χ4n) is 3.15. The number of amides is 1. The number of aromatic amines is 1. The van der Waals surface area contributed by atoms with Crippen LogP contribution in [0.25, 0.3) is 11.0 Å². The first kappa shape index (κ1) is 13.0. The van der Waals surface area contributed by atoms with E-state index < -0.39 is 0 Å². The number of likely N-dealkylation sites (tertiary alicyclic amines) is 1. The van der Waals surface area contributed by atoms with Gasteiger partial charge < -0.3 is 9.88 Å². The second kappa shape index (κ2) is 5.26. The Labute approximate surface area is 128 Å². The number of pyridine rings is 2. The summed E-state index contributed by atoms with van der Waals surface area (Å²) in [5.74, 6) is 0.0437. The normalized spacial score (nSPS) is 18.0. The third-order valence-electron chi connectivity index (χ3n) is 4.19. The van der Waals surface area contributed by atoms with Crippen LogP contribution in [0.1, 0.15) is 34.9 Å². The second-order valence-electron chi connectivity index (χ2n) is 5.56. The van der Waals surface area contributed by atoms with Crippen molar-refractivity contribution < 1.29 is 4.79 Å². The molecule has 0 spiro atoms. The van der Waals surface area contributed by atoms with Crippen molar-refractivity contribution in [1.29, 1.82) is 0 Å². The van der Waals surface area contributed by atoms with Crippen LogP contribution in [-0.2, 0) is 0 Å². The van der Waals surface area contributed by atoms with Gasteiger partial charge in [-0.25, -0.2) is 4.98 Å². The molecule has 0 radical (unpaired) electrons. The first-order valence-electron chi connectivity index (χ1n) is 7.47. The van der Waals surface area contributed by atoms with Gasteiger partial charge >= 0.3 is 0 Å². The Kier molecular flexibility index (Phi) is 3.11. The monoisotopic (exact) mass is 292 g/mol. The molecule has 1 amide bonds.